The Balaban J connectivity index is 1.85. The molecule has 2 aromatic carbocycles. The third-order valence-electron chi connectivity index (χ3n) is 4.49. The zero-order valence-corrected chi connectivity index (χ0v) is 16.2. The highest BCUT2D eigenvalue weighted by Crippen LogP contribution is 2.24. The van der Waals surface area contributed by atoms with Gasteiger partial charge in [0, 0.05) is 22.1 Å². The zero-order valence-electron chi connectivity index (χ0n) is 15.5. The largest absolute Gasteiger partial charge is 0.481 e. The van der Waals surface area contributed by atoms with Crippen molar-refractivity contribution in [1.29, 1.82) is 0 Å². The number of aliphatic carboxylic acids is 1. The van der Waals surface area contributed by atoms with Crippen LogP contribution in [-0.4, -0.2) is 21.6 Å². The van der Waals surface area contributed by atoms with Crippen LogP contribution in [0, 0.1) is 6.92 Å². The van der Waals surface area contributed by atoms with E-state index in [2.05, 4.69) is 5.32 Å². The van der Waals surface area contributed by atoms with E-state index in [4.69, 9.17) is 16.7 Å². The molecule has 5 nitrogen and oxygen atoms in total. The standard InChI is InChI=1S/C22H21ClN2O3/c1-15-7-8-17(13-19(15)23)24-21(26)14-25-18(10-12-22(27)28)9-11-20(25)16-5-3-2-4-6-16/h2-9,11,13H,10,12,14H2,1H3,(H,24,26)(H,27,28). The third kappa shape index (κ3) is 4.81. The second-order valence-electron chi connectivity index (χ2n) is 6.57. The van der Waals surface area contributed by atoms with Gasteiger partial charge in [0.05, 0.1) is 6.42 Å². The normalized spacial score (nSPS) is 10.6. The van der Waals surface area contributed by atoms with Crippen LogP contribution in [0.5, 0.6) is 0 Å². The van der Waals surface area contributed by atoms with Crippen LogP contribution < -0.4 is 5.32 Å². The second-order valence-corrected chi connectivity index (χ2v) is 6.98. The summed E-state index contributed by atoms with van der Waals surface area (Å²) in [4.78, 5) is 23.6. The molecule has 0 saturated carbocycles. The van der Waals surface area contributed by atoms with Crippen molar-refractivity contribution in [2.45, 2.75) is 26.3 Å². The molecule has 3 aromatic rings. The van der Waals surface area contributed by atoms with Gasteiger partial charge in [0.2, 0.25) is 5.91 Å². The van der Waals surface area contributed by atoms with Crippen molar-refractivity contribution >= 4 is 29.2 Å². The molecule has 0 saturated heterocycles. The maximum Gasteiger partial charge on any atom is 0.303 e. The minimum atomic E-state index is -0.868. The molecule has 0 fully saturated rings. The van der Waals surface area contributed by atoms with Crippen molar-refractivity contribution in [1.82, 2.24) is 4.57 Å². The number of rotatable bonds is 7. The molecule has 0 atom stereocenters. The molecular weight excluding hydrogens is 376 g/mol. The van der Waals surface area contributed by atoms with Crippen LogP contribution in [-0.2, 0) is 22.6 Å². The van der Waals surface area contributed by atoms with Crippen molar-refractivity contribution in [3.8, 4) is 11.3 Å². The van der Waals surface area contributed by atoms with Crippen molar-refractivity contribution in [2.75, 3.05) is 5.32 Å². The topological polar surface area (TPSA) is 71.3 Å². The maximum absolute atomic E-state index is 12.7. The number of benzene rings is 2. The molecule has 2 N–H and O–H groups in total. The molecule has 0 unspecified atom stereocenters. The van der Waals surface area contributed by atoms with Gasteiger partial charge in [-0.15, -0.1) is 0 Å². The van der Waals surface area contributed by atoms with Crippen LogP contribution in [0.4, 0.5) is 5.69 Å². The minimum absolute atomic E-state index is 0.00737. The average Bonchev–Trinajstić information content (AvgIpc) is 3.06. The monoisotopic (exact) mass is 396 g/mol. The van der Waals surface area contributed by atoms with Crippen LogP contribution in [0.15, 0.2) is 60.7 Å². The van der Waals surface area contributed by atoms with Crippen molar-refractivity contribution in [3.63, 3.8) is 0 Å². The summed E-state index contributed by atoms with van der Waals surface area (Å²) >= 11 is 6.13. The van der Waals surface area contributed by atoms with E-state index in [9.17, 15) is 9.59 Å². The summed E-state index contributed by atoms with van der Waals surface area (Å²) in [5.74, 6) is -1.07. The number of nitrogens with zero attached hydrogens (tertiary/aromatic N) is 1. The summed E-state index contributed by atoms with van der Waals surface area (Å²) in [7, 11) is 0. The Morgan fingerprint density at radius 1 is 1.07 bits per heavy atom. The lowest BCUT2D eigenvalue weighted by Gasteiger charge is -2.14. The summed E-state index contributed by atoms with van der Waals surface area (Å²) in [5.41, 5.74) is 4.21. The molecule has 1 aromatic heterocycles. The zero-order chi connectivity index (χ0) is 20.1. The molecule has 3 rings (SSSR count). The Labute approximate surface area is 168 Å². The van der Waals surface area contributed by atoms with Crippen molar-refractivity contribution in [3.05, 3.63) is 76.9 Å². The van der Waals surface area contributed by atoms with Gasteiger partial charge >= 0.3 is 5.97 Å². The first kappa shape index (κ1) is 19.7. The minimum Gasteiger partial charge on any atom is -0.481 e. The summed E-state index contributed by atoms with van der Waals surface area (Å²) in [5, 5.41) is 12.5. The van der Waals surface area contributed by atoms with E-state index in [1.54, 1.807) is 12.1 Å². The molecule has 144 valence electrons. The quantitative estimate of drug-likeness (QED) is 0.604. The van der Waals surface area contributed by atoms with Crippen LogP contribution >= 0.6 is 11.6 Å². The Morgan fingerprint density at radius 2 is 1.82 bits per heavy atom. The molecule has 0 radical (unpaired) electrons. The highest BCUT2D eigenvalue weighted by atomic mass is 35.5. The fourth-order valence-corrected chi connectivity index (χ4v) is 3.21. The first-order valence-electron chi connectivity index (χ1n) is 8.95. The highest BCUT2D eigenvalue weighted by molar-refractivity contribution is 6.31. The summed E-state index contributed by atoms with van der Waals surface area (Å²) in [6.45, 7) is 1.98. The lowest BCUT2D eigenvalue weighted by molar-refractivity contribution is -0.137. The van der Waals surface area contributed by atoms with E-state index in [1.807, 2.05) is 60.0 Å². The van der Waals surface area contributed by atoms with E-state index in [0.29, 0.717) is 17.1 Å². The number of carbonyl (C=O) groups is 2. The van der Waals surface area contributed by atoms with Gasteiger partial charge in [-0.1, -0.05) is 48.0 Å². The number of nitrogens with one attached hydrogen (secondary N) is 1. The number of carbonyl (C=O) groups excluding carboxylic acids is 1. The fraction of sp³-hybridized carbons (Fsp3) is 0.182. The molecule has 0 bridgehead atoms. The van der Waals surface area contributed by atoms with Crippen LogP contribution in [0.3, 0.4) is 0 Å². The smallest absolute Gasteiger partial charge is 0.303 e. The SMILES string of the molecule is Cc1ccc(NC(=O)Cn2c(CCC(=O)O)ccc2-c2ccccc2)cc1Cl. The maximum atomic E-state index is 12.7. The molecule has 1 heterocycles. The van der Waals surface area contributed by atoms with Gasteiger partial charge in [-0.25, -0.2) is 0 Å². The first-order valence-corrected chi connectivity index (χ1v) is 9.33. The first-order chi connectivity index (χ1) is 13.4. The van der Waals surface area contributed by atoms with Gasteiger partial charge in [-0.2, -0.15) is 0 Å². The number of aryl methyl sites for hydroxylation is 2. The number of carboxylic acid groups (broad SMARTS) is 1. The number of amides is 1. The summed E-state index contributed by atoms with van der Waals surface area (Å²) in [6, 6.07) is 18.9. The Kier molecular flexibility index (Phi) is 6.16. The molecule has 0 spiro atoms. The van der Waals surface area contributed by atoms with E-state index < -0.39 is 5.97 Å². The Morgan fingerprint density at radius 3 is 2.50 bits per heavy atom. The fourth-order valence-electron chi connectivity index (χ4n) is 3.03. The van der Waals surface area contributed by atoms with Crippen LogP contribution in [0.2, 0.25) is 5.02 Å². The van der Waals surface area contributed by atoms with Gasteiger partial charge in [-0.05, 0) is 48.7 Å². The van der Waals surface area contributed by atoms with Crippen LogP contribution in [0.25, 0.3) is 11.3 Å². The van der Waals surface area contributed by atoms with Gasteiger partial charge < -0.3 is 15.0 Å². The molecule has 6 heteroatoms. The van der Waals surface area contributed by atoms with E-state index >= 15 is 0 Å². The van der Waals surface area contributed by atoms with Gasteiger partial charge in [0.1, 0.15) is 6.54 Å². The van der Waals surface area contributed by atoms with Gasteiger partial charge in [0.15, 0.2) is 0 Å². The molecule has 1 amide bonds. The van der Waals surface area contributed by atoms with Crippen molar-refractivity contribution < 1.29 is 14.7 Å². The van der Waals surface area contributed by atoms with Crippen molar-refractivity contribution in [2.24, 2.45) is 0 Å². The summed E-state index contributed by atoms with van der Waals surface area (Å²) < 4.78 is 1.86. The predicted octanol–water partition coefficient (Wildman–Crippen LogP) is 4.77. The number of halogens is 1. The lowest BCUT2D eigenvalue weighted by Crippen LogP contribution is -2.21. The Hall–Kier alpha value is -3.05. The molecule has 0 aliphatic carbocycles. The highest BCUT2D eigenvalue weighted by Gasteiger charge is 2.14. The van der Waals surface area contributed by atoms with Gasteiger partial charge in [-0.3, -0.25) is 9.59 Å². The second kappa shape index (κ2) is 8.76. The lowest BCUT2D eigenvalue weighted by atomic mass is 10.1. The van der Waals surface area contributed by atoms with Gasteiger partial charge in [0.25, 0.3) is 0 Å². The van der Waals surface area contributed by atoms with E-state index in [-0.39, 0.29) is 18.9 Å². The molecule has 0 aliphatic rings. The predicted molar refractivity (Wildman–Crippen MR) is 111 cm³/mol. The molecule has 0 aliphatic heterocycles. The number of aromatic nitrogens is 1. The number of anilines is 1. The summed E-state index contributed by atoms with van der Waals surface area (Å²) in [6.07, 6.45) is 0.360. The van der Waals surface area contributed by atoms with Crippen LogP contribution in [0.1, 0.15) is 17.7 Å². The average molecular weight is 397 g/mol. The number of carboxylic acids is 1. The number of hydrogen-bond donors (Lipinski definition) is 2. The third-order valence-corrected chi connectivity index (χ3v) is 4.90. The molecule has 28 heavy (non-hydrogen) atoms. The number of hydrogen-bond acceptors (Lipinski definition) is 2. The molecular formula is C22H21ClN2O3. The Bertz CT molecular complexity index is 996. The van der Waals surface area contributed by atoms with E-state index in [1.165, 1.54) is 0 Å². The van der Waals surface area contributed by atoms with E-state index in [0.717, 1.165) is 22.5 Å².